The van der Waals surface area contributed by atoms with Gasteiger partial charge in [-0.05, 0) is 50.1 Å². The lowest BCUT2D eigenvalue weighted by Gasteiger charge is -2.26. The summed E-state index contributed by atoms with van der Waals surface area (Å²) in [6, 6.07) is 13.5. The molecule has 3 rings (SSSR count). The fraction of sp³-hybridized carbons (Fsp3) is 0.409. The number of likely N-dealkylation sites (tertiary alicyclic amines) is 1. The molecule has 28 heavy (non-hydrogen) atoms. The predicted octanol–water partition coefficient (Wildman–Crippen LogP) is 4.37. The van der Waals surface area contributed by atoms with Crippen LogP contribution in [0.3, 0.4) is 0 Å². The van der Waals surface area contributed by atoms with Crippen LogP contribution in [0.25, 0.3) is 0 Å². The number of nitrogens with zero attached hydrogens (tertiary/aromatic N) is 1. The highest BCUT2D eigenvalue weighted by molar-refractivity contribution is 6.30. The third kappa shape index (κ3) is 4.78. The maximum atomic E-state index is 12.7. The summed E-state index contributed by atoms with van der Waals surface area (Å²) < 4.78 is 10.9. The van der Waals surface area contributed by atoms with Crippen LogP contribution in [0.15, 0.2) is 42.5 Å². The van der Waals surface area contributed by atoms with Crippen LogP contribution in [0.1, 0.15) is 43.0 Å². The van der Waals surface area contributed by atoms with Gasteiger partial charge in [-0.15, -0.1) is 0 Å². The van der Waals surface area contributed by atoms with E-state index in [-0.39, 0.29) is 18.0 Å². The minimum Gasteiger partial charge on any atom is -0.497 e. The van der Waals surface area contributed by atoms with Gasteiger partial charge in [0.2, 0.25) is 5.91 Å². The molecule has 1 amide bonds. The zero-order chi connectivity index (χ0) is 20.1. The summed E-state index contributed by atoms with van der Waals surface area (Å²) >= 11 is 5.94. The Balaban J connectivity index is 1.66. The summed E-state index contributed by atoms with van der Waals surface area (Å²) in [4.78, 5) is 14.9. The lowest BCUT2D eigenvalue weighted by Crippen LogP contribution is -2.38. The van der Waals surface area contributed by atoms with Gasteiger partial charge >= 0.3 is 0 Å². The van der Waals surface area contributed by atoms with Crippen LogP contribution in [0, 0.1) is 0 Å². The molecule has 0 bridgehead atoms. The Kier molecular flexibility index (Phi) is 6.81. The molecule has 5 nitrogen and oxygen atoms in total. The molecule has 1 aliphatic rings. The lowest BCUT2D eigenvalue weighted by atomic mass is 10.0. The first-order chi connectivity index (χ1) is 13.5. The van der Waals surface area contributed by atoms with Crippen molar-refractivity contribution in [3.05, 3.63) is 58.6 Å². The van der Waals surface area contributed by atoms with E-state index in [0.717, 1.165) is 42.0 Å². The molecule has 2 atom stereocenters. The van der Waals surface area contributed by atoms with E-state index in [4.69, 9.17) is 21.1 Å². The lowest BCUT2D eigenvalue weighted by molar-refractivity contribution is -0.123. The molecule has 0 aromatic heterocycles. The molecule has 0 saturated carbocycles. The molecular formula is C22H27ClN2O3. The summed E-state index contributed by atoms with van der Waals surface area (Å²) in [5, 5.41) is 3.78. The normalized spacial score (nSPS) is 17.9. The van der Waals surface area contributed by atoms with Crippen LogP contribution < -0.4 is 14.8 Å². The zero-order valence-electron chi connectivity index (χ0n) is 16.6. The van der Waals surface area contributed by atoms with Crippen molar-refractivity contribution in [2.24, 2.45) is 0 Å². The maximum absolute atomic E-state index is 12.7. The molecule has 1 heterocycles. The second kappa shape index (κ2) is 9.30. The highest BCUT2D eigenvalue weighted by Gasteiger charge is 2.30. The van der Waals surface area contributed by atoms with Gasteiger partial charge in [0.05, 0.1) is 26.8 Å². The Labute approximate surface area is 171 Å². The van der Waals surface area contributed by atoms with Crippen LogP contribution >= 0.6 is 11.6 Å². The summed E-state index contributed by atoms with van der Waals surface area (Å²) in [5.74, 6) is 1.58. The molecule has 150 valence electrons. The van der Waals surface area contributed by atoms with Gasteiger partial charge in [-0.25, -0.2) is 0 Å². The number of hydrogen-bond donors (Lipinski definition) is 1. The summed E-state index contributed by atoms with van der Waals surface area (Å²) in [7, 11) is 3.31. The molecule has 0 unspecified atom stereocenters. The predicted molar refractivity (Wildman–Crippen MR) is 111 cm³/mol. The van der Waals surface area contributed by atoms with E-state index >= 15 is 0 Å². The van der Waals surface area contributed by atoms with Crippen LogP contribution in [-0.4, -0.2) is 38.1 Å². The van der Waals surface area contributed by atoms with Gasteiger partial charge in [0.1, 0.15) is 11.5 Å². The van der Waals surface area contributed by atoms with Crippen LogP contribution in [-0.2, 0) is 4.79 Å². The Morgan fingerprint density at radius 2 is 1.96 bits per heavy atom. The second-order valence-corrected chi connectivity index (χ2v) is 7.51. The summed E-state index contributed by atoms with van der Waals surface area (Å²) in [6.07, 6.45) is 2.06. The van der Waals surface area contributed by atoms with Crippen LogP contribution in [0.4, 0.5) is 0 Å². The van der Waals surface area contributed by atoms with E-state index in [0.29, 0.717) is 11.6 Å². The first kappa shape index (κ1) is 20.5. The number of carbonyl (C=O) groups excluding carboxylic acids is 1. The summed E-state index contributed by atoms with van der Waals surface area (Å²) in [5.41, 5.74) is 2.13. The molecular weight excluding hydrogens is 376 g/mol. The SMILES string of the molecule is COc1ccc([C@H]2CCCN2CC(=O)N[C@H](C)c2ccc(Cl)cc2)c(OC)c1. The average Bonchev–Trinajstić information content (AvgIpc) is 3.15. The fourth-order valence-corrected chi connectivity index (χ4v) is 3.89. The molecule has 1 aliphatic heterocycles. The first-order valence-electron chi connectivity index (χ1n) is 9.52. The molecule has 1 N–H and O–H groups in total. The second-order valence-electron chi connectivity index (χ2n) is 7.08. The van der Waals surface area contributed by atoms with Crippen LogP contribution in [0.5, 0.6) is 11.5 Å². The number of halogens is 1. The van der Waals surface area contributed by atoms with Crippen molar-refractivity contribution < 1.29 is 14.3 Å². The monoisotopic (exact) mass is 402 g/mol. The average molecular weight is 403 g/mol. The van der Waals surface area contributed by atoms with Crippen molar-refractivity contribution >= 4 is 17.5 Å². The van der Waals surface area contributed by atoms with E-state index in [1.54, 1.807) is 14.2 Å². The van der Waals surface area contributed by atoms with E-state index < -0.39 is 0 Å². The number of amides is 1. The minimum absolute atomic E-state index is 0.0156. The topological polar surface area (TPSA) is 50.8 Å². The van der Waals surface area contributed by atoms with Gasteiger partial charge in [0.15, 0.2) is 0 Å². The Hall–Kier alpha value is -2.24. The van der Waals surface area contributed by atoms with Gasteiger partial charge in [-0.1, -0.05) is 29.8 Å². The summed E-state index contributed by atoms with van der Waals surface area (Å²) in [6.45, 7) is 3.23. The number of nitrogens with one attached hydrogen (secondary N) is 1. The molecule has 6 heteroatoms. The highest BCUT2D eigenvalue weighted by atomic mass is 35.5. The Morgan fingerprint density at radius 3 is 2.64 bits per heavy atom. The third-order valence-electron chi connectivity index (χ3n) is 5.26. The maximum Gasteiger partial charge on any atom is 0.234 e. The van der Waals surface area contributed by atoms with Gasteiger partial charge in [-0.2, -0.15) is 0 Å². The van der Waals surface area contributed by atoms with Gasteiger partial charge in [0.25, 0.3) is 0 Å². The standard InChI is InChI=1S/C22H27ClN2O3/c1-15(16-6-8-17(23)9-7-16)24-22(26)14-25-12-4-5-20(25)19-11-10-18(27-2)13-21(19)28-3/h6-11,13,15,20H,4-5,12,14H2,1-3H3,(H,24,26)/t15-,20-/m1/s1. The fourth-order valence-electron chi connectivity index (χ4n) is 3.77. The third-order valence-corrected chi connectivity index (χ3v) is 5.51. The van der Waals surface area contributed by atoms with E-state index in [1.807, 2.05) is 49.4 Å². The van der Waals surface area contributed by atoms with E-state index in [2.05, 4.69) is 10.2 Å². The molecule has 2 aromatic rings. The molecule has 0 spiro atoms. The number of carbonyl (C=O) groups is 1. The van der Waals surface area contributed by atoms with Crippen LogP contribution in [0.2, 0.25) is 5.02 Å². The van der Waals surface area contributed by atoms with Gasteiger partial charge in [0, 0.05) is 22.7 Å². The quantitative estimate of drug-likeness (QED) is 0.747. The minimum atomic E-state index is -0.0682. The molecule has 1 saturated heterocycles. The molecule has 2 aromatic carbocycles. The van der Waals surface area contributed by atoms with Crippen molar-refractivity contribution in [2.75, 3.05) is 27.3 Å². The van der Waals surface area contributed by atoms with Crippen molar-refractivity contribution in [3.63, 3.8) is 0 Å². The molecule has 1 fully saturated rings. The number of benzene rings is 2. The molecule has 0 aliphatic carbocycles. The van der Waals surface area contributed by atoms with Gasteiger partial charge < -0.3 is 14.8 Å². The smallest absolute Gasteiger partial charge is 0.234 e. The van der Waals surface area contributed by atoms with E-state index in [9.17, 15) is 4.79 Å². The Bertz CT molecular complexity index is 810. The molecule has 0 radical (unpaired) electrons. The van der Waals surface area contributed by atoms with Crippen molar-refractivity contribution in [1.82, 2.24) is 10.2 Å². The highest BCUT2D eigenvalue weighted by Crippen LogP contribution is 2.38. The van der Waals surface area contributed by atoms with Crippen molar-refractivity contribution in [2.45, 2.75) is 31.8 Å². The largest absolute Gasteiger partial charge is 0.497 e. The van der Waals surface area contributed by atoms with Gasteiger partial charge in [-0.3, -0.25) is 9.69 Å². The Morgan fingerprint density at radius 1 is 1.21 bits per heavy atom. The number of ether oxygens (including phenoxy) is 2. The van der Waals surface area contributed by atoms with Crippen molar-refractivity contribution in [1.29, 1.82) is 0 Å². The number of hydrogen-bond acceptors (Lipinski definition) is 4. The zero-order valence-corrected chi connectivity index (χ0v) is 17.3. The number of methoxy groups -OCH3 is 2. The first-order valence-corrected chi connectivity index (χ1v) is 9.90. The van der Waals surface area contributed by atoms with E-state index in [1.165, 1.54) is 0 Å². The van der Waals surface area contributed by atoms with Crippen molar-refractivity contribution in [3.8, 4) is 11.5 Å². The number of rotatable bonds is 7.